The van der Waals surface area contributed by atoms with Crippen LogP contribution in [0.25, 0.3) is 0 Å². The second kappa shape index (κ2) is 9.87. The smallest absolute Gasteiger partial charge is 0.422 e. The highest BCUT2D eigenvalue weighted by molar-refractivity contribution is 6.00. The Balaban J connectivity index is 2.27. The summed E-state index contributed by atoms with van der Waals surface area (Å²) in [5.41, 5.74) is -0.549. The summed E-state index contributed by atoms with van der Waals surface area (Å²) in [7, 11) is 3.73. The van der Waals surface area contributed by atoms with Crippen molar-refractivity contribution in [1.29, 1.82) is 0 Å². The number of carbonyl (C=O) groups is 1. The van der Waals surface area contributed by atoms with Gasteiger partial charge in [-0.25, -0.2) is 0 Å². The summed E-state index contributed by atoms with van der Waals surface area (Å²) in [5, 5.41) is 14.1. The molecule has 0 heterocycles. The van der Waals surface area contributed by atoms with E-state index in [2.05, 4.69) is 10.1 Å². The molecule has 1 N–H and O–H groups in total. The fourth-order valence-electron chi connectivity index (χ4n) is 2.68. The number of carbonyl (C=O) groups excluding carboxylic acids is 1. The van der Waals surface area contributed by atoms with Crippen LogP contribution in [0.4, 0.5) is 18.9 Å². The molecule has 0 radical (unpaired) electrons. The second-order valence-corrected chi connectivity index (χ2v) is 6.03. The van der Waals surface area contributed by atoms with Gasteiger partial charge in [-0.2, -0.15) is 13.2 Å². The molecule has 2 aromatic rings. The molecule has 0 saturated carbocycles. The number of hydrogen-bond donors (Lipinski definition) is 1. The molecule has 0 spiro atoms. The van der Waals surface area contributed by atoms with E-state index in [1.807, 2.05) is 0 Å². The van der Waals surface area contributed by atoms with Crippen LogP contribution in [0.5, 0.6) is 23.0 Å². The number of halogens is 3. The van der Waals surface area contributed by atoms with Gasteiger partial charge in [-0.3, -0.25) is 14.9 Å². The molecule has 9 nitrogen and oxygen atoms in total. The first kappa shape index (κ1) is 23.6. The lowest BCUT2D eigenvalue weighted by Crippen LogP contribution is -2.24. The van der Waals surface area contributed by atoms with Crippen molar-refractivity contribution in [3.05, 3.63) is 51.6 Å². The van der Waals surface area contributed by atoms with Gasteiger partial charge in [0.1, 0.15) is 11.3 Å². The molecule has 0 bridgehead atoms. The fourth-order valence-corrected chi connectivity index (χ4v) is 2.68. The highest BCUT2D eigenvalue weighted by Gasteiger charge is 2.32. The summed E-state index contributed by atoms with van der Waals surface area (Å²) >= 11 is 0. The zero-order valence-corrected chi connectivity index (χ0v) is 16.7. The normalized spacial score (nSPS) is 10.9. The average Bonchev–Trinajstić information content (AvgIpc) is 2.73. The molecule has 0 unspecified atom stereocenters. The maximum atomic E-state index is 12.7. The Labute approximate surface area is 174 Å². The predicted molar refractivity (Wildman–Crippen MR) is 102 cm³/mol. The van der Waals surface area contributed by atoms with Gasteiger partial charge in [0, 0.05) is 12.6 Å². The number of benzene rings is 2. The number of amides is 1. The number of rotatable bonds is 9. The highest BCUT2D eigenvalue weighted by Crippen LogP contribution is 2.46. The number of alkyl halides is 3. The van der Waals surface area contributed by atoms with Gasteiger partial charge in [-0.15, -0.1) is 0 Å². The molecule has 31 heavy (non-hydrogen) atoms. The van der Waals surface area contributed by atoms with Gasteiger partial charge in [0.15, 0.2) is 12.4 Å². The lowest BCUT2D eigenvalue weighted by Gasteiger charge is -2.15. The Kier molecular flexibility index (Phi) is 7.51. The standard InChI is InChI=1S/C19H19F3N2O7/c1-28-14-8-13(15(24(26)27)17(30-3)16(14)29-2)18(25)23-9-11-5-4-6-12(7-11)31-10-19(20,21)22/h4-8H,9-10H2,1-3H3,(H,23,25). The number of methoxy groups -OCH3 is 3. The number of nitro groups is 1. The number of nitrogens with one attached hydrogen (secondary N) is 1. The van der Waals surface area contributed by atoms with E-state index in [1.165, 1.54) is 39.5 Å². The molecular formula is C19H19F3N2O7. The minimum atomic E-state index is -4.49. The van der Waals surface area contributed by atoms with Crippen LogP contribution in [0, 0.1) is 10.1 Å². The molecule has 1 amide bonds. The third-order valence-corrected chi connectivity index (χ3v) is 3.99. The largest absolute Gasteiger partial charge is 0.493 e. The lowest BCUT2D eigenvalue weighted by molar-refractivity contribution is -0.386. The molecule has 0 aliphatic rings. The van der Waals surface area contributed by atoms with Crippen LogP contribution in [-0.4, -0.2) is 44.9 Å². The number of nitro benzene ring substituents is 1. The Morgan fingerprint density at radius 1 is 1.10 bits per heavy atom. The molecule has 2 rings (SSSR count). The number of hydrogen-bond acceptors (Lipinski definition) is 7. The lowest BCUT2D eigenvalue weighted by atomic mass is 10.1. The third kappa shape index (κ3) is 5.90. The summed E-state index contributed by atoms with van der Waals surface area (Å²) in [6.45, 7) is -1.59. The van der Waals surface area contributed by atoms with Crippen molar-refractivity contribution in [2.45, 2.75) is 12.7 Å². The first-order valence-corrected chi connectivity index (χ1v) is 8.65. The minimum Gasteiger partial charge on any atom is -0.493 e. The summed E-state index contributed by atoms with van der Waals surface area (Å²) in [6.07, 6.45) is -4.49. The predicted octanol–water partition coefficient (Wildman–Crippen LogP) is 3.49. The van der Waals surface area contributed by atoms with E-state index in [1.54, 1.807) is 6.07 Å². The van der Waals surface area contributed by atoms with Crippen LogP contribution in [0.1, 0.15) is 15.9 Å². The van der Waals surface area contributed by atoms with Crippen LogP contribution >= 0.6 is 0 Å². The summed E-state index contributed by atoms with van der Waals surface area (Å²) < 4.78 is 56.8. The molecule has 168 valence electrons. The summed E-state index contributed by atoms with van der Waals surface area (Å²) in [6, 6.07) is 6.79. The first-order chi connectivity index (χ1) is 14.6. The van der Waals surface area contributed by atoms with Crippen molar-refractivity contribution in [2.75, 3.05) is 27.9 Å². The zero-order valence-electron chi connectivity index (χ0n) is 16.7. The van der Waals surface area contributed by atoms with E-state index in [9.17, 15) is 28.1 Å². The van der Waals surface area contributed by atoms with E-state index < -0.39 is 29.3 Å². The number of nitrogens with zero attached hydrogens (tertiary/aromatic N) is 1. The Bertz CT molecular complexity index is 964. The van der Waals surface area contributed by atoms with Gasteiger partial charge in [-0.1, -0.05) is 12.1 Å². The van der Waals surface area contributed by atoms with Crippen molar-refractivity contribution < 1.29 is 41.8 Å². The van der Waals surface area contributed by atoms with Crippen molar-refractivity contribution in [3.8, 4) is 23.0 Å². The van der Waals surface area contributed by atoms with Gasteiger partial charge < -0.3 is 24.3 Å². The maximum absolute atomic E-state index is 12.7. The van der Waals surface area contributed by atoms with Crippen molar-refractivity contribution in [1.82, 2.24) is 5.32 Å². The van der Waals surface area contributed by atoms with Crippen molar-refractivity contribution >= 4 is 11.6 Å². The Morgan fingerprint density at radius 2 is 1.77 bits per heavy atom. The fraction of sp³-hybridized carbons (Fsp3) is 0.316. The third-order valence-electron chi connectivity index (χ3n) is 3.99. The molecule has 12 heteroatoms. The quantitative estimate of drug-likeness (QED) is 0.466. The van der Waals surface area contributed by atoms with Gasteiger partial charge in [0.25, 0.3) is 5.91 Å². The van der Waals surface area contributed by atoms with Gasteiger partial charge in [0.05, 0.1) is 26.3 Å². The van der Waals surface area contributed by atoms with Gasteiger partial charge >= 0.3 is 11.9 Å². The van der Waals surface area contributed by atoms with E-state index >= 15 is 0 Å². The van der Waals surface area contributed by atoms with Crippen LogP contribution in [0.2, 0.25) is 0 Å². The van der Waals surface area contributed by atoms with E-state index in [0.717, 1.165) is 6.07 Å². The van der Waals surface area contributed by atoms with Gasteiger partial charge in [0.2, 0.25) is 11.5 Å². The van der Waals surface area contributed by atoms with Gasteiger partial charge in [-0.05, 0) is 17.7 Å². The average molecular weight is 444 g/mol. The second-order valence-electron chi connectivity index (χ2n) is 6.03. The number of ether oxygens (including phenoxy) is 4. The molecular weight excluding hydrogens is 425 g/mol. The van der Waals surface area contributed by atoms with Crippen LogP contribution < -0.4 is 24.3 Å². The Hall–Kier alpha value is -3.70. The first-order valence-electron chi connectivity index (χ1n) is 8.65. The van der Waals surface area contributed by atoms with E-state index in [4.69, 9.17) is 14.2 Å². The molecule has 2 aromatic carbocycles. The molecule has 0 atom stereocenters. The highest BCUT2D eigenvalue weighted by atomic mass is 19.4. The van der Waals surface area contributed by atoms with Crippen LogP contribution in [-0.2, 0) is 6.54 Å². The SMILES string of the molecule is COc1cc(C(=O)NCc2cccc(OCC(F)(F)F)c2)c([N+](=O)[O-])c(OC)c1OC. The topological polar surface area (TPSA) is 109 Å². The molecule has 0 saturated heterocycles. The summed E-state index contributed by atoms with van der Waals surface area (Å²) in [4.78, 5) is 23.5. The van der Waals surface area contributed by atoms with Crippen LogP contribution in [0.3, 0.4) is 0 Å². The monoisotopic (exact) mass is 444 g/mol. The van der Waals surface area contributed by atoms with Crippen LogP contribution in [0.15, 0.2) is 30.3 Å². The maximum Gasteiger partial charge on any atom is 0.422 e. The minimum absolute atomic E-state index is 0.0390. The zero-order chi connectivity index (χ0) is 23.2. The molecule has 0 aliphatic carbocycles. The van der Waals surface area contributed by atoms with E-state index in [-0.39, 0.29) is 35.1 Å². The summed E-state index contributed by atoms with van der Waals surface area (Å²) in [5.74, 6) is -1.17. The van der Waals surface area contributed by atoms with Crippen molar-refractivity contribution in [2.24, 2.45) is 0 Å². The molecule has 0 fully saturated rings. The molecule has 0 aromatic heterocycles. The van der Waals surface area contributed by atoms with Crippen molar-refractivity contribution in [3.63, 3.8) is 0 Å². The molecule has 0 aliphatic heterocycles. The van der Waals surface area contributed by atoms with E-state index in [0.29, 0.717) is 5.56 Å². The Morgan fingerprint density at radius 3 is 2.32 bits per heavy atom.